The van der Waals surface area contributed by atoms with E-state index >= 15 is 0 Å². The minimum absolute atomic E-state index is 0.0775. The van der Waals surface area contributed by atoms with Crippen LogP contribution in [-0.4, -0.2) is 34.3 Å². The Labute approximate surface area is 120 Å². The van der Waals surface area contributed by atoms with E-state index in [1.807, 2.05) is 24.3 Å². The molecule has 0 radical (unpaired) electrons. The highest BCUT2D eigenvalue weighted by Crippen LogP contribution is 2.36. The van der Waals surface area contributed by atoms with Gasteiger partial charge < -0.3 is 9.84 Å². The molecular formula is C16H14N2O3. The number of hydrogen-bond acceptors (Lipinski definition) is 4. The van der Waals surface area contributed by atoms with Crippen molar-refractivity contribution in [2.75, 3.05) is 13.7 Å². The number of methoxy groups -OCH3 is 1. The molecule has 3 aromatic rings. The van der Waals surface area contributed by atoms with Crippen LogP contribution in [-0.2, 0) is 6.42 Å². The maximum atomic E-state index is 12.6. The van der Waals surface area contributed by atoms with Crippen LogP contribution < -0.4 is 4.74 Å². The van der Waals surface area contributed by atoms with Gasteiger partial charge in [-0.1, -0.05) is 0 Å². The number of benzene rings is 1. The zero-order valence-electron chi connectivity index (χ0n) is 11.5. The minimum atomic E-state index is -0.433. The fourth-order valence-corrected chi connectivity index (χ4v) is 3.16. The summed E-state index contributed by atoms with van der Waals surface area (Å²) in [6.07, 6.45) is 2.25. The molecule has 1 aliphatic rings. The van der Waals surface area contributed by atoms with Gasteiger partial charge in [0, 0.05) is 29.5 Å². The van der Waals surface area contributed by atoms with E-state index in [1.54, 1.807) is 17.9 Å². The Morgan fingerprint density at radius 1 is 1.38 bits per heavy atom. The van der Waals surface area contributed by atoms with Gasteiger partial charge in [0.15, 0.2) is 0 Å². The lowest BCUT2D eigenvalue weighted by molar-refractivity contribution is 0.0772. The number of pyridine rings is 1. The molecule has 106 valence electrons. The monoisotopic (exact) mass is 282 g/mol. The Morgan fingerprint density at radius 3 is 3.00 bits per heavy atom. The number of hydrogen-bond donors (Lipinski definition) is 1. The largest absolute Gasteiger partial charge is 0.497 e. The van der Waals surface area contributed by atoms with Crippen molar-refractivity contribution >= 4 is 27.7 Å². The molecule has 21 heavy (non-hydrogen) atoms. The van der Waals surface area contributed by atoms with E-state index in [1.165, 1.54) is 0 Å². The molecule has 4 rings (SSSR count). The summed E-state index contributed by atoms with van der Waals surface area (Å²) in [5, 5.41) is 11.5. The smallest absolute Gasteiger partial charge is 0.237 e. The molecule has 0 unspecified atom stereocenters. The molecule has 1 N–H and O–H groups in total. The average molecular weight is 282 g/mol. The Bertz CT molecular complexity index is 882. The van der Waals surface area contributed by atoms with Crippen LogP contribution in [0, 0.1) is 5.92 Å². The molecule has 0 saturated carbocycles. The lowest BCUT2D eigenvalue weighted by Gasteiger charge is -2.21. The maximum absolute atomic E-state index is 12.6. The highest BCUT2D eigenvalue weighted by molar-refractivity contribution is 6.15. The molecule has 1 atom stereocenters. The van der Waals surface area contributed by atoms with Crippen LogP contribution in [0.3, 0.4) is 0 Å². The predicted octanol–water partition coefficient (Wildman–Crippen LogP) is 2.00. The summed E-state index contributed by atoms with van der Waals surface area (Å²) in [5.74, 6) is 0.193. The Balaban J connectivity index is 2.18. The van der Waals surface area contributed by atoms with Crippen LogP contribution in [0.2, 0.25) is 0 Å². The molecule has 1 aliphatic heterocycles. The van der Waals surface area contributed by atoms with E-state index in [9.17, 15) is 9.90 Å². The first-order valence-corrected chi connectivity index (χ1v) is 6.85. The van der Waals surface area contributed by atoms with Crippen LogP contribution in [0.4, 0.5) is 0 Å². The fourth-order valence-electron chi connectivity index (χ4n) is 3.16. The quantitative estimate of drug-likeness (QED) is 0.781. The normalized spacial score (nSPS) is 17.6. The van der Waals surface area contributed by atoms with Crippen LogP contribution in [0.1, 0.15) is 10.5 Å². The number of nitrogens with zero attached hydrogens (tertiary/aromatic N) is 2. The SMILES string of the molecule is COc1ccc2c3ccnc4c3n(c2c1)C(=O)[C@H](CO)C4. The van der Waals surface area contributed by atoms with Crippen molar-refractivity contribution < 1.29 is 14.6 Å². The van der Waals surface area contributed by atoms with Crippen LogP contribution in [0.15, 0.2) is 30.5 Å². The third kappa shape index (κ3) is 1.55. The Morgan fingerprint density at radius 2 is 2.24 bits per heavy atom. The van der Waals surface area contributed by atoms with E-state index in [0.717, 1.165) is 27.5 Å². The number of aliphatic hydroxyl groups excluding tert-OH is 1. The Hall–Kier alpha value is -2.40. The third-order valence-electron chi connectivity index (χ3n) is 4.19. The number of aromatic nitrogens is 2. The molecule has 5 heteroatoms. The number of rotatable bonds is 2. The second-order valence-corrected chi connectivity index (χ2v) is 5.29. The first kappa shape index (κ1) is 12.3. The summed E-state index contributed by atoms with van der Waals surface area (Å²) in [4.78, 5) is 17.0. The summed E-state index contributed by atoms with van der Waals surface area (Å²) in [6.45, 7) is -0.167. The lowest BCUT2D eigenvalue weighted by Crippen LogP contribution is -2.31. The molecule has 2 aromatic heterocycles. The second kappa shape index (κ2) is 4.30. The van der Waals surface area contributed by atoms with E-state index in [2.05, 4.69) is 4.98 Å². The number of ether oxygens (including phenoxy) is 1. The van der Waals surface area contributed by atoms with Crippen molar-refractivity contribution in [3.63, 3.8) is 0 Å². The van der Waals surface area contributed by atoms with Crippen molar-refractivity contribution in [2.24, 2.45) is 5.92 Å². The van der Waals surface area contributed by atoms with Gasteiger partial charge in [0.2, 0.25) is 5.91 Å². The number of fused-ring (bicyclic) bond motifs is 3. The molecule has 0 bridgehead atoms. The first-order valence-electron chi connectivity index (χ1n) is 6.85. The Kier molecular flexibility index (Phi) is 2.53. The van der Waals surface area contributed by atoms with Crippen molar-refractivity contribution in [3.05, 3.63) is 36.2 Å². The van der Waals surface area contributed by atoms with Gasteiger partial charge in [-0.25, -0.2) is 0 Å². The summed E-state index contributed by atoms with van der Waals surface area (Å²) in [6, 6.07) is 7.63. The van der Waals surface area contributed by atoms with Gasteiger partial charge in [0.05, 0.1) is 36.4 Å². The first-order chi connectivity index (χ1) is 10.2. The van der Waals surface area contributed by atoms with Gasteiger partial charge in [-0.3, -0.25) is 14.3 Å². The van der Waals surface area contributed by atoms with Crippen LogP contribution in [0.5, 0.6) is 5.75 Å². The zero-order chi connectivity index (χ0) is 14.6. The zero-order valence-corrected chi connectivity index (χ0v) is 11.5. The minimum Gasteiger partial charge on any atom is -0.497 e. The van der Waals surface area contributed by atoms with Gasteiger partial charge in [-0.05, 0) is 18.2 Å². The highest BCUT2D eigenvalue weighted by Gasteiger charge is 2.31. The van der Waals surface area contributed by atoms with Crippen molar-refractivity contribution in [2.45, 2.75) is 6.42 Å². The van der Waals surface area contributed by atoms with Gasteiger partial charge in [0.25, 0.3) is 0 Å². The molecule has 3 heterocycles. The molecule has 5 nitrogen and oxygen atoms in total. The van der Waals surface area contributed by atoms with Gasteiger partial charge in [-0.15, -0.1) is 0 Å². The molecule has 1 aromatic carbocycles. The molecular weight excluding hydrogens is 268 g/mol. The van der Waals surface area contributed by atoms with E-state index in [4.69, 9.17) is 4.74 Å². The number of carbonyl (C=O) groups is 1. The third-order valence-corrected chi connectivity index (χ3v) is 4.19. The molecule has 0 spiro atoms. The number of aliphatic hydroxyl groups is 1. The highest BCUT2D eigenvalue weighted by atomic mass is 16.5. The van der Waals surface area contributed by atoms with Crippen molar-refractivity contribution in [1.29, 1.82) is 0 Å². The van der Waals surface area contributed by atoms with E-state index in [-0.39, 0.29) is 12.5 Å². The molecule has 0 fully saturated rings. The van der Waals surface area contributed by atoms with E-state index in [0.29, 0.717) is 12.2 Å². The standard InChI is InChI=1S/C16H14N2O3/c1-21-10-2-3-11-12-4-5-17-13-6-9(8-19)16(20)18(15(12)13)14(11)7-10/h2-5,7,9,19H,6,8H2,1H3/t9-/m0/s1. The van der Waals surface area contributed by atoms with Gasteiger partial charge in [-0.2, -0.15) is 0 Å². The van der Waals surface area contributed by atoms with E-state index < -0.39 is 5.92 Å². The number of carbonyl (C=O) groups excluding carboxylic acids is 1. The topological polar surface area (TPSA) is 64.4 Å². The average Bonchev–Trinajstić information content (AvgIpc) is 2.86. The van der Waals surface area contributed by atoms with Gasteiger partial charge in [0.1, 0.15) is 5.75 Å². The summed E-state index contributed by atoms with van der Waals surface area (Å²) < 4.78 is 6.95. The second-order valence-electron chi connectivity index (χ2n) is 5.29. The molecule has 0 amide bonds. The lowest BCUT2D eigenvalue weighted by atomic mass is 9.98. The van der Waals surface area contributed by atoms with Crippen molar-refractivity contribution in [3.8, 4) is 5.75 Å². The molecule has 0 aliphatic carbocycles. The van der Waals surface area contributed by atoms with Gasteiger partial charge >= 0.3 is 0 Å². The summed E-state index contributed by atoms with van der Waals surface area (Å²) in [7, 11) is 1.60. The summed E-state index contributed by atoms with van der Waals surface area (Å²) in [5.41, 5.74) is 2.53. The summed E-state index contributed by atoms with van der Waals surface area (Å²) >= 11 is 0. The van der Waals surface area contributed by atoms with Crippen LogP contribution in [0.25, 0.3) is 21.8 Å². The van der Waals surface area contributed by atoms with Crippen LogP contribution >= 0.6 is 0 Å². The maximum Gasteiger partial charge on any atom is 0.237 e. The molecule has 0 saturated heterocycles. The fraction of sp³-hybridized carbons (Fsp3) is 0.250. The predicted molar refractivity (Wildman–Crippen MR) is 78.7 cm³/mol. The van der Waals surface area contributed by atoms with Crippen molar-refractivity contribution in [1.82, 2.24) is 9.55 Å².